The van der Waals surface area contributed by atoms with Crippen molar-refractivity contribution >= 4 is 5.91 Å². The van der Waals surface area contributed by atoms with E-state index in [9.17, 15) is 4.79 Å². The molecule has 1 saturated heterocycles. The summed E-state index contributed by atoms with van der Waals surface area (Å²) in [6, 6.07) is 0.254. The van der Waals surface area contributed by atoms with Crippen molar-refractivity contribution in [2.24, 2.45) is 23.5 Å². The molecule has 2 atom stereocenters. The zero-order valence-electron chi connectivity index (χ0n) is 13.2. The van der Waals surface area contributed by atoms with Gasteiger partial charge in [0.05, 0.1) is 0 Å². The number of hydrogen-bond acceptors (Lipinski definition) is 2. The Morgan fingerprint density at radius 2 is 1.74 bits per heavy atom. The summed E-state index contributed by atoms with van der Waals surface area (Å²) in [5.74, 6) is 2.07. The van der Waals surface area contributed by atoms with Gasteiger partial charge >= 0.3 is 0 Å². The number of carbonyl (C=O) groups is 1. The van der Waals surface area contributed by atoms with Crippen LogP contribution in [0.15, 0.2) is 0 Å². The molecule has 0 aromatic heterocycles. The van der Waals surface area contributed by atoms with Crippen molar-refractivity contribution in [2.75, 3.05) is 13.1 Å². The lowest BCUT2D eigenvalue weighted by molar-refractivity contribution is -0.136. The first-order valence-corrected chi connectivity index (χ1v) is 7.96. The fraction of sp³-hybridized carbons (Fsp3) is 0.938. The summed E-state index contributed by atoms with van der Waals surface area (Å²) in [5, 5.41) is 0. The van der Waals surface area contributed by atoms with Crippen molar-refractivity contribution in [3.8, 4) is 0 Å². The van der Waals surface area contributed by atoms with E-state index in [-0.39, 0.29) is 12.0 Å². The van der Waals surface area contributed by atoms with Gasteiger partial charge in [-0.2, -0.15) is 0 Å². The van der Waals surface area contributed by atoms with Crippen molar-refractivity contribution < 1.29 is 4.79 Å². The number of piperidine rings is 1. The second-order valence-electron chi connectivity index (χ2n) is 6.72. The van der Waals surface area contributed by atoms with Crippen molar-refractivity contribution in [1.82, 2.24) is 4.90 Å². The molecule has 19 heavy (non-hydrogen) atoms. The van der Waals surface area contributed by atoms with Gasteiger partial charge in [0, 0.05) is 25.0 Å². The van der Waals surface area contributed by atoms with Crippen molar-refractivity contribution in [3.63, 3.8) is 0 Å². The third kappa shape index (κ3) is 5.52. The third-order valence-electron chi connectivity index (χ3n) is 4.51. The molecule has 2 unspecified atom stereocenters. The van der Waals surface area contributed by atoms with Gasteiger partial charge in [0.2, 0.25) is 5.91 Å². The van der Waals surface area contributed by atoms with Gasteiger partial charge in [-0.1, -0.05) is 27.2 Å². The molecule has 1 amide bonds. The number of nitrogens with two attached hydrogens (primary N) is 1. The van der Waals surface area contributed by atoms with Gasteiger partial charge in [-0.25, -0.2) is 0 Å². The number of rotatable bonds is 6. The molecular formula is C16H32N2O. The van der Waals surface area contributed by atoms with E-state index in [1.165, 1.54) is 12.8 Å². The van der Waals surface area contributed by atoms with E-state index in [1.54, 1.807) is 0 Å². The number of nitrogens with zero attached hydrogens (tertiary/aromatic N) is 1. The molecule has 0 aromatic rings. The normalized spacial score (nSPS) is 20.6. The van der Waals surface area contributed by atoms with Crippen LogP contribution in [-0.2, 0) is 4.79 Å². The van der Waals surface area contributed by atoms with Gasteiger partial charge in [-0.3, -0.25) is 4.79 Å². The van der Waals surface area contributed by atoms with Crippen molar-refractivity contribution in [3.05, 3.63) is 0 Å². The standard InChI is InChI=1S/C16H32N2O/c1-12(2)15-8-10-18(11-9-15)16(19)13(3)6-5-7-14(4)17/h12-15H,5-11,17H2,1-4H3. The Balaban J connectivity index is 2.30. The highest BCUT2D eigenvalue weighted by atomic mass is 16.2. The van der Waals surface area contributed by atoms with Crippen LogP contribution in [0.1, 0.15) is 59.8 Å². The van der Waals surface area contributed by atoms with Crippen molar-refractivity contribution in [1.29, 1.82) is 0 Å². The highest BCUT2D eigenvalue weighted by Crippen LogP contribution is 2.25. The van der Waals surface area contributed by atoms with E-state index in [2.05, 4.69) is 25.7 Å². The quantitative estimate of drug-likeness (QED) is 0.805. The number of hydrogen-bond donors (Lipinski definition) is 1. The number of amides is 1. The molecule has 1 fully saturated rings. The highest BCUT2D eigenvalue weighted by Gasteiger charge is 2.26. The number of carbonyl (C=O) groups excluding carboxylic acids is 1. The van der Waals surface area contributed by atoms with E-state index in [0.717, 1.165) is 44.2 Å². The zero-order chi connectivity index (χ0) is 14.4. The average molecular weight is 268 g/mol. The first kappa shape index (κ1) is 16.5. The Morgan fingerprint density at radius 3 is 2.21 bits per heavy atom. The molecule has 0 saturated carbocycles. The van der Waals surface area contributed by atoms with Crippen LogP contribution in [0.2, 0.25) is 0 Å². The number of likely N-dealkylation sites (tertiary alicyclic amines) is 1. The Labute approximate surface area is 118 Å². The lowest BCUT2D eigenvalue weighted by Crippen LogP contribution is -2.42. The Hall–Kier alpha value is -0.570. The predicted molar refractivity (Wildman–Crippen MR) is 80.8 cm³/mol. The van der Waals surface area contributed by atoms with Gasteiger partial charge in [-0.05, 0) is 44.4 Å². The molecule has 0 bridgehead atoms. The maximum Gasteiger partial charge on any atom is 0.225 e. The third-order valence-corrected chi connectivity index (χ3v) is 4.51. The molecule has 3 nitrogen and oxygen atoms in total. The summed E-state index contributed by atoms with van der Waals surface area (Å²) >= 11 is 0. The summed E-state index contributed by atoms with van der Waals surface area (Å²) in [5.41, 5.74) is 5.75. The van der Waals surface area contributed by atoms with Crippen LogP contribution in [0, 0.1) is 17.8 Å². The van der Waals surface area contributed by atoms with Gasteiger partial charge in [-0.15, -0.1) is 0 Å². The first-order chi connectivity index (χ1) is 8.91. The van der Waals surface area contributed by atoms with Crippen LogP contribution in [0.25, 0.3) is 0 Å². The molecule has 0 aromatic carbocycles. The minimum absolute atomic E-state index is 0.161. The Morgan fingerprint density at radius 1 is 1.16 bits per heavy atom. The maximum absolute atomic E-state index is 12.3. The topological polar surface area (TPSA) is 46.3 Å². The second-order valence-corrected chi connectivity index (χ2v) is 6.72. The summed E-state index contributed by atoms with van der Waals surface area (Å²) in [4.78, 5) is 14.4. The molecule has 1 heterocycles. The lowest BCUT2D eigenvalue weighted by Gasteiger charge is -2.35. The van der Waals surface area contributed by atoms with Gasteiger partial charge < -0.3 is 10.6 Å². The lowest BCUT2D eigenvalue weighted by atomic mass is 9.86. The van der Waals surface area contributed by atoms with E-state index in [4.69, 9.17) is 5.73 Å². The van der Waals surface area contributed by atoms with Crippen molar-refractivity contribution in [2.45, 2.75) is 65.8 Å². The summed E-state index contributed by atoms with van der Waals surface area (Å²) in [6.45, 7) is 10.6. The minimum atomic E-state index is 0.161. The smallest absolute Gasteiger partial charge is 0.225 e. The van der Waals surface area contributed by atoms with Crippen LogP contribution >= 0.6 is 0 Å². The summed E-state index contributed by atoms with van der Waals surface area (Å²) < 4.78 is 0. The minimum Gasteiger partial charge on any atom is -0.342 e. The van der Waals surface area contributed by atoms with E-state index < -0.39 is 0 Å². The Bertz CT molecular complexity index is 268. The molecule has 2 N–H and O–H groups in total. The van der Waals surface area contributed by atoms with E-state index >= 15 is 0 Å². The summed E-state index contributed by atoms with van der Waals surface area (Å²) in [7, 11) is 0. The molecule has 0 aliphatic carbocycles. The molecule has 1 rings (SSSR count). The van der Waals surface area contributed by atoms with Crippen LogP contribution in [0.4, 0.5) is 0 Å². The van der Waals surface area contributed by atoms with Gasteiger partial charge in [0.1, 0.15) is 0 Å². The second kappa shape index (κ2) is 7.88. The summed E-state index contributed by atoms with van der Waals surface area (Å²) in [6.07, 6.45) is 5.41. The van der Waals surface area contributed by atoms with Crippen LogP contribution < -0.4 is 5.73 Å². The molecule has 1 aliphatic heterocycles. The largest absolute Gasteiger partial charge is 0.342 e. The fourth-order valence-corrected chi connectivity index (χ4v) is 2.97. The molecule has 0 spiro atoms. The SMILES string of the molecule is CC(N)CCCC(C)C(=O)N1CCC(C(C)C)CC1. The fourth-order valence-electron chi connectivity index (χ4n) is 2.97. The molecule has 1 aliphatic rings. The highest BCUT2D eigenvalue weighted by molar-refractivity contribution is 5.78. The average Bonchev–Trinajstić information content (AvgIpc) is 2.37. The van der Waals surface area contributed by atoms with Crippen LogP contribution in [0.5, 0.6) is 0 Å². The zero-order valence-corrected chi connectivity index (χ0v) is 13.2. The van der Waals surface area contributed by atoms with Crippen LogP contribution in [0.3, 0.4) is 0 Å². The molecule has 3 heteroatoms. The van der Waals surface area contributed by atoms with E-state index in [1.807, 2.05) is 6.92 Å². The Kier molecular flexibility index (Phi) is 6.84. The molecule has 112 valence electrons. The maximum atomic E-state index is 12.3. The van der Waals surface area contributed by atoms with Crippen LogP contribution in [-0.4, -0.2) is 29.9 Å². The van der Waals surface area contributed by atoms with E-state index in [0.29, 0.717) is 5.91 Å². The first-order valence-electron chi connectivity index (χ1n) is 7.96. The monoisotopic (exact) mass is 268 g/mol. The molecule has 0 radical (unpaired) electrons. The van der Waals surface area contributed by atoms with Gasteiger partial charge in [0.25, 0.3) is 0 Å². The predicted octanol–water partition coefficient (Wildman–Crippen LogP) is 3.03. The molecular weight excluding hydrogens is 236 g/mol. The van der Waals surface area contributed by atoms with Gasteiger partial charge in [0.15, 0.2) is 0 Å².